The van der Waals surface area contributed by atoms with Gasteiger partial charge in [-0.1, -0.05) is 13.8 Å². The molecule has 1 amide bonds. The Kier molecular flexibility index (Phi) is 8.09. The number of rotatable bonds is 11. The van der Waals surface area contributed by atoms with Crippen LogP contribution in [0.2, 0.25) is 0 Å². The molecule has 7 heteroatoms. The molecule has 25 heavy (non-hydrogen) atoms. The average Bonchev–Trinajstić information content (AvgIpc) is 3.07. The molecule has 0 fully saturated rings. The van der Waals surface area contributed by atoms with Crippen molar-refractivity contribution in [2.75, 3.05) is 26.9 Å². The lowest BCUT2D eigenvalue weighted by molar-refractivity contribution is -0.158. The first kappa shape index (κ1) is 21.2. The first-order chi connectivity index (χ1) is 11.7. The quantitative estimate of drug-likeness (QED) is 0.486. The highest BCUT2D eigenvalue weighted by Crippen LogP contribution is 2.37. The van der Waals surface area contributed by atoms with Crippen molar-refractivity contribution < 1.29 is 19.1 Å². The van der Waals surface area contributed by atoms with E-state index in [4.69, 9.17) is 9.47 Å². The van der Waals surface area contributed by atoms with Gasteiger partial charge in [0.05, 0.1) is 18.3 Å². The lowest BCUT2D eigenvalue weighted by Crippen LogP contribution is -2.44. The third-order valence-corrected chi connectivity index (χ3v) is 4.45. The van der Waals surface area contributed by atoms with Crippen LogP contribution in [0.25, 0.3) is 0 Å². The number of carbonyl (C=O) groups excluding carboxylic acids is 2. The zero-order valence-electron chi connectivity index (χ0n) is 16.0. The van der Waals surface area contributed by atoms with Crippen LogP contribution in [-0.2, 0) is 25.6 Å². The van der Waals surface area contributed by atoms with Crippen LogP contribution in [0.4, 0.5) is 0 Å². The molecule has 1 unspecified atom stereocenters. The average molecular weight is 353 g/mol. The Balaban J connectivity index is 2.59. The van der Waals surface area contributed by atoms with E-state index in [1.165, 1.54) is 0 Å². The summed E-state index contributed by atoms with van der Waals surface area (Å²) in [7, 11) is 1.56. The van der Waals surface area contributed by atoms with Gasteiger partial charge in [-0.05, 0) is 26.7 Å². The molecule has 0 aliphatic carbocycles. The monoisotopic (exact) mass is 353 g/mol. The van der Waals surface area contributed by atoms with Gasteiger partial charge < -0.3 is 19.4 Å². The lowest BCUT2D eigenvalue weighted by Gasteiger charge is -2.34. The molecule has 142 valence electrons. The molecule has 0 saturated heterocycles. The summed E-state index contributed by atoms with van der Waals surface area (Å²) in [6.45, 7) is 9.24. The van der Waals surface area contributed by atoms with Gasteiger partial charge in [0.1, 0.15) is 6.61 Å². The third-order valence-electron chi connectivity index (χ3n) is 4.45. The van der Waals surface area contributed by atoms with Crippen LogP contribution in [0.15, 0.2) is 18.7 Å². The molecular formula is C18H31N3O4. The molecule has 0 spiro atoms. The lowest BCUT2D eigenvalue weighted by atomic mass is 9.72. The number of hydrogen-bond acceptors (Lipinski definition) is 5. The second-order valence-corrected chi connectivity index (χ2v) is 7.16. The number of nitrogens with one attached hydrogen (secondary N) is 1. The predicted octanol–water partition coefficient (Wildman–Crippen LogP) is 2.02. The number of aromatic nitrogens is 2. The van der Waals surface area contributed by atoms with Crippen LogP contribution in [0, 0.1) is 10.8 Å². The number of carbonyl (C=O) groups is 2. The molecule has 1 aromatic heterocycles. The summed E-state index contributed by atoms with van der Waals surface area (Å²) < 4.78 is 12.0. The normalized spacial score (nSPS) is 14.0. The van der Waals surface area contributed by atoms with E-state index in [2.05, 4.69) is 10.3 Å². The SMILES string of the molecule is CCC(C)(CC(C)(C)C(=O)OCCOC)C(=O)NCCn1ccnc1. The highest BCUT2D eigenvalue weighted by molar-refractivity contribution is 5.84. The number of amides is 1. The van der Waals surface area contributed by atoms with Crippen LogP contribution < -0.4 is 5.32 Å². The second kappa shape index (κ2) is 9.56. The van der Waals surface area contributed by atoms with E-state index in [1.54, 1.807) is 19.6 Å². The minimum atomic E-state index is -0.750. The molecule has 0 aliphatic heterocycles. The van der Waals surface area contributed by atoms with Crippen molar-refractivity contribution in [1.82, 2.24) is 14.9 Å². The Hall–Kier alpha value is -1.89. The van der Waals surface area contributed by atoms with Crippen molar-refractivity contribution >= 4 is 11.9 Å². The van der Waals surface area contributed by atoms with E-state index in [0.29, 0.717) is 32.5 Å². The molecule has 1 heterocycles. The van der Waals surface area contributed by atoms with Crippen molar-refractivity contribution in [1.29, 1.82) is 0 Å². The van der Waals surface area contributed by atoms with Gasteiger partial charge in [0, 0.05) is 38.0 Å². The molecule has 1 N–H and O–H groups in total. The Morgan fingerprint density at radius 3 is 2.52 bits per heavy atom. The van der Waals surface area contributed by atoms with Crippen molar-refractivity contribution in [3.8, 4) is 0 Å². The molecule has 0 saturated carbocycles. The van der Waals surface area contributed by atoms with Crippen molar-refractivity contribution in [2.45, 2.75) is 47.1 Å². The van der Waals surface area contributed by atoms with Gasteiger partial charge in [0.25, 0.3) is 0 Å². The first-order valence-electron chi connectivity index (χ1n) is 8.65. The molecule has 1 aromatic rings. The number of ether oxygens (including phenoxy) is 2. The van der Waals surface area contributed by atoms with Gasteiger partial charge in [0.15, 0.2) is 0 Å². The molecule has 0 radical (unpaired) electrons. The molecule has 1 atom stereocenters. The number of nitrogens with zero attached hydrogens (tertiary/aromatic N) is 2. The fourth-order valence-electron chi connectivity index (χ4n) is 2.76. The number of methoxy groups -OCH3 is 1. The molecule has 1 rings (SSSR count). The van der Waals surface area contributed by atoms with Gasteiger partial charge in [-0.2, -0.15) is 0 Å². The smallest absolute Gasteiger partial charge is 0.311 e. The Labute approximate surface area is 150 Å². The van der Waals surface area contributed by atoms with Crippen LogP contribution in [0.1, 0.15) is 40.5 Å². The van der Waals surface area contributed by atoms with Crippen LogP contribution in [0.5, 0.6) is 0 Å². The minimum Gasteiger partial charge on any atom is -0.463 e. The summed E-state index contributed by atoms with van der Waals surface area (Å²) in [6, 6.07) is 0. The maximum Gasteiger partial charge on any atom is 0.311 e. The fourth-order valence-corrected chi connectivity index (χ4v) is 2.76. The Morgan fingerprint density at radius 1 is 1.24 bits per heavy atom. The first-order valence-corrected chi connectivity index (χ1v) is 8.65. The van der Waals surface area contributed by atoms with Gasteiger partial charge >= 0.3 is 5.97 Å². The minimum absolute atomic E-state index is 0.0483. The van der Waals surface area contributed by atoms with Crippen LogP contribution in [-0.4, -0.2) is 48.3 Å². The van der Waals surface area contributed by atoms with Gasteiger partial charge in [-0.3, -0.25) is 9.59 Å². The zero-order valence-corrected chi connectivity index (χ0v) is 16.0. The van der Waals surface area contributed by atoms with Crippen LogP contribution in [0.3, 0.4) is 0 Å². The number of imidazole rings is 1. The van der Waals surface area contributed by atoms with Crippen molar-refractivity contribution in [3.05, 3.63) is 18.7 Å². The van der Waals surface area contributed by atoms with E-state index < -0.39 is 10.8 Å². The summed E-state index contributed by atoms with van der Waals surface area (Å²) in [4.78, 5) is 29.0. The van der Waals surface area contributed by atoms with E-state index in [0.717, 1.165) is 0 Å². The van der Waals surface area contributed by atoms with Crippen molar-refractivity contribution in [2.24, 2.45) is 10.8 Å². The van der Waals surface area contributed by atoms with E-state index in [1.807, 2.05) is 38.5 Å². The van der Waals surface area contributed by atoms with Gasteiger partial charge in [-0.15, -0.1) is 0 Å². The highest BCUT2D eigenvalue weighted by atomic mass is 16.6. The van der Waals surface area contributed by atoms with E-state index in [9.17, 15) is 9.59 Å². The summed E-state index contributed by atoms with van der Waals surface area (Å²) in [6.07, 6.45) is 6.32. The molecule has 7 nitrogen and oxygen atoms in total. The molecular weight excluding hydrogens is 322 g/mol. The molecule has 0 aliphatic rings. The molecule has 0 aromatic carbocycles. The fraction of sp³-hybridized carbons (Fsp3) is 0.722. The third kappa shape index (κ3) is 6.49. The number of esters is 1. The summed E-state index contributed by atoms with van der Waals surface area (Å²) in [5.74, 6) is -0.358. The maximum atomic E-state index is 12.7. The van der Waals surface area contributed by atoms with Crippen molar-refractivity contribution in [3.63, 3.8) is 0 Å². The highest BCUT2D eigenvalue weighted by Gasteiger charge is 2.41. The van der Waals surface area contributed by atoms with E-state index >= 15 is 0 Å². The summed E-state index contributed by atoms with van der Waals surface area (Å²) in [5.41, 5.74) is -1.39. The zero-order chi connectivity index (χ0) is 18.9. The van der Waals surface area contributed by atoms with Gasteiger partial charge in [0.2, 0.25) is 5.91 Å². The summed E-state index contributed by atoms with van der Waals surface area (Å²) in [5, 5.41) is 2.97. The number of hydrogen-bond donors (Lipinski definition) is 1. The second-order valence-electron chi connectivity index (χ2n) is 7.16. The Bertz CT molecular complexity index is 543. The maximum absolute atomic E-state index is 12.7. The van der Waals surface area contributed by atoms with Gasteiger partial charge in [-0.25, -0.2) is 4.98 Å². The van der Waals surface area contributed by atoms with Crippen LogP contribution >= 0.6 is 0 Å². The van der Waals surface area contributed by atoms with E-state index in [-0.39, 0.29) is 18.5 Å². The molecule has 0 bridgehead atoms. The predicted molar refractivity (Wildman–Crippen MR) is 94.9 cm³/mol. The topological polar surface area (TPSA) is 82.5 Å². The summed E-state index contributed by atoms with van der Waals surface area (Å²) >= 11 is 0. The standard InChI is InChI=1S/C18H31N3O4/c1-6-18(4,13-17(2,3)16(23)25-12-11-24-5)15(22)20-8-10-21-9-7-19-14-21/h7,9,14H,6,8,10-13H2,1-5H3,(H,20,22). The largest absolute Gasteiger partial charge is 0.463 e. The Morgan fingerprint density at radius 2 is 1.96 bits per heavy atom.